The number of nitrogens with zero attached hydrogens (tertiary/aromatic N) is 2. The number of benzene rings is 8. The number of rotatable bonds is 4. The summed E-state index contributed by atoms with van der Waals surface area (Å²) in [6.45, 7) is 4.45. The van der Waals surface area contributed by atoms with Gasteiger partial charge in [0.15, 0.2) is 0 Å². The Labute approximate surface area is 298 Å². The van der Waals surface area contributed by atoms with Crippen molar-refractivity contribution in [1.82, 2.24) is 0 Å². The lowest BCUT2D eigenvalue weighted by molar-refractivity contribution is 0.796. The van der Waals surface area contributed by atoms with Gasteiger partial charge in [0.05, 0.1) is 17.0 Å². The smallest absolute Gasteiger partial charge is 0.0991 e. The van der Waals surface area contributed by atoms with Gasteiger partial charge in [-0.05, 0) is 150 Å². The molecule has 51 heavy (non-hydrogen) atoms. The van der Waals surface area contributed by atoms with E-state index in [1.807, 2.05) is 24.3 Å². The highest BCUT2D eigenvalue weighted by molar-refractivity contribution is 6.04. The molecule has 2 nitrogen and oxygen atoms in total. The summed E-state index contributed by atoms with van der Waals surface area (Å²) in [7, 11) is 0. The quantitative estimate of drug-likeness (QED) is 0.189. The average Bonchev–Trinajstić information content (AvgIpc) is 3.63. The molecular formula is C49H34N2. The van der Waals surface area contributed by atoms with Crippen molar-refractivity contribution >= 4 is 38.6 Å². The molecule has 2 aliphatic rings. The molecule has 0 bridgehead atoms. The standard InChI is InChI=1S/C49H34N2/c1-31(2)33-17-22-39(23-18-33)51(38-20-15-32(30-50)16-21-38)40-24-19-36-27-44-43-26-34-9-3-4-10-35(34)28-47(43)49(48(44)29-37(36)25-40)45-13-7-5-11-41(45)42-12-6-8-14-46(42)49/h3-29,31H,1-2H3. The minimum absolute atomic E-state index is 0.425. The van der Waals surface area contributed by atoms with Gasteiger partial charge in [0.2, 0.25) is 0 Å². The third-order valence-corrected chi connectivity index (χ3v) is 11.2. The normalized spacial score (nSPS) is 13.2. The van der Waals surface area contributed by atoms with E-state index < -0.39 is 5.41 Å². The fourth-order valence-electron chi connectivity index (χ4n) is 8.83. The van der Waals surface area contributed by atoms with Crippen LogP contribution < -0.4 is 4.90 Å². The third-order valence-electron chi connectivity index (χ3n) is 11.2. The summed E-state index contributed by atoms with van der Waals surface area (Å²) in [6, 6.07) is 62.4. The number of hydrogen-bond acceptors (Lipinski definition) is 2. The lowest BCUT2D eigenvalue weighted by Gasteiger charge is -2.31. The summed E-state index contributed by atoms with van der Waals surface area (Å²) in [4.78, 5) is 2.30. The van der Waals surface area contributed by atoms with Crippen LogP contribution in [0.25, 0.3) is 43.8 Å². The van der Waals surface area contributed by atoms with Gasteiger partial charge in [-0.15, -0.1) is 0 Å². The molecule has 0 atom stereocenters. The minimum Gasteiger partial charge on any atom is -0.310 e. The molecule has 0 saturated carbocycles. The summed E-state index contributed by atoms with van der Waals surface area (Å²) in [6.07, 6.45) is 0. The van der Waals surface area contributed by atoms with Gasteiger partial charge in [-0.2, -0.15) is 5.26 Å². The minimum atomic E-state index is -0.425. The fourth-order valence-corrected chi connectivity index (χ4v) is 8.83. The van der Waals surface area contributed by atoms with E-state index in [1.165, 1.54) is 71.6 Å². The molecule has 8 aromatic carbocycles. The zero-order valence-electron chi connectivity index (χ0n) is 28.6. The predicted molar refractivity (Wildman–Crippen MR) is 211 cm³/mol. The second-order valence-electron chi connectivity index (χ2n) is 14.3. The molecule has 0 amide bonds. The molecule has 1 spiro atoms. The average molecular weight is 651 g/mol. The summed E-state index contributed by atoms with van der Waals surface area (Å²) in [5.41, 5.74) is 15.3. The molecule has 2 heteroatoms. The van der Waals surface area contributed by atoms with Crippen LogP contribution in [0.2, 0.25) is 0 Å². The van der Waals surface area contributed by atoms with Crippen molar-refractivity contribution in [1.29, 1.82) is 5.26 Å². The monoisotopic (exact) mass is 650 g/mol. The Morgan fingerprint density at radius 2 is 0.941 bits per heavy atom. The second kappa shape index (κ2) is 11.0. The molecule has 0 N–H and O–H groups in total. The van der Waals surface area contributed by atoms with E-state index in [0.29, 0.717) is 11.5 Å². The largest absolute Gasteiger partial charge is 0.310 e. The Balaban J connectivity index is 1.24. The van der Waals surface area contributed by atoms with E-state index in [2.05, 4.69) is 164 Å². The Morgan fingerprint density at radius 1 is 0.451 bits per heavy atom. The van der Waals surface area contributed by atoms with Gasteiger partial charge in [-0.3, -0.25) is 0 Å². The van der Waals surface area contributed by atoms with Gasteiger partial charge in [0.1, 0.15) is 0 Å². The fraction of sp³-hybridized carbons (Fsp3) is 0.0816. The Kier molecular flexibility index (Phi) is 6.38. The lowest BCUT2D eigenvalue weighted by Crippen LogP contribution is -2.25. The Morgan fingerprint density at radius 3 is 1.53 bits per heavy atom. The van der Waals surface area contributed by atoms with Gasteiger partial charge in [0.25, 0.3) is 0 Å². The van der Waals surface area contributed by atoms with Gasteiger partial charge in [-0.1, -0.05) is 105 Å². The number of anilines is 3. The van der Waals surface area contributed by atoms with Crippen LogP contribution in [0, 0.1) is 11.3 Å². The van der Waals surface area contributed by atoms with Crippen LogP contribution in [0.15, 0.2) is 164 Å². The molecule has 2 aliphatic carbocycles. The van der Waals surface area contributed by atoms with Crippen LogP contribution >= 0.6 is 0 Å². The van der Waals surface area contributed by atoms with Crippen molar-refractivity contribution in [2.45, 2.75) is 25.2 Å². The van der Waals surface area contributed by atoms with E-state index in [-0.39, 0.29) is 0 Å². The Bertz CT molecular complexity index is 2680. The molecule has 0 radical (unpaired) electrons. The predicted octanol–water partition coefficient (Wildman–Crippen LogP) is 12.8. The Hall–Kier alpha value is -6.43. The van der Waals surface area contributed by atoms with Crippen molar-refractivity contribution < 1.29 is 0 Å². The molecule has 0 heterocycles. The van der Waals surface area contributed by atoms with Crippen LogP contribution in [0.4, 0.5) is 17.1 Å². The van der Waals surface area contributed by atoms with E-state index in [4.69, 9.17) is 0 Å². The van der Waals surface area contributed by atoms with Crippen molar-refractivity contribution in [2.24, 2.45) is 0 Å². The van der Waals surface area contributed by atoms with Gasteiger partial charge in [0, 0.05) is 17.1 Å². The molecule has 0 aromatic heterocycles. The van der Waals surface area contributed by atoms with Crippen LogP contribution in [-0.2, 0) is 5.41 Å². The first kappa shape index (κ1) is 29.5. The second-order valence-corrected chi connectivity index (χ2v) is 14.3. The summed E-state index contributed by atoms with van der Waals surface area (Å²) in [5.74, 6) is 0.449. The van der Waals surface area contributed by atoms with Crippen molar-refractivity contribution in [2.75, 3.05) is 4.90 Å². The molecule has 240 valence electrons. The first-order valence-corrected chi connectivity index (χ1v) is 17.8. The van der Waals surface area contributed by atoms with E-state index in [1.54, 1.807) is 0 Å². The SMILES string of the molecule is CC(C)c1ccc(N(c2ccc(C#N)cc2)c2ccc3cc4c(cc3c2)C2(c3ccccc3-c3ccccc32)c2cc3ccccc3cc2-4)cc1. The highest BCUT2D eigenvalue weighted by Gasteiger charge is 2.51. The van der Waals surface area contributed by atoms with Crippen LogP contribution in [0.5, 0.6) is 0 Å². The first-order valence-electron chi connectivity index (χ1n) is 17.8. The summed E-state index contributed by atoms with van der Waals surface area (Å²) in [5, 5.41) is 14.5. The number of nitriles is 1. The molecule has 8 aromatic rings. The van der Waals surface area contributed by atoms with Gasteiger partial charge < -0.3 is 4.90 Å². The molecule has 0 saturated heterocycles. The summed E-state index contributed by atoms with van der Waals surface area (Å²) < 4.78 is 0. The molecule has 10 rings (SSSR count). The number of hydrogen-bond donors (Lipinski definition) is 0. The highest BCUT2D eigenvalue weighted by atomic mass is 15.1. The van der Waals surface area contributed by atoms with Crippen molar-refractivity contribution in [3.8, 4) is 28.3 Å². The van der Waals surface area contributed by atoms with Crippen LogP contribution in [0.1, 0.15) is 53.1 Å². The topological polar surface area (TPSA) is 27.0 Å². The zero-order chi connectivity index (χ0) is 34.3. The van der Waals surface area contributed by atoms with E-state index in [0.717, 1.165) is 17.1 Å². The van der Waals surface area contributed by atoms with Gasteiger partial charge in [-0.25, -0.2) is 0 Å². The maximum atomic E-state index is 9.55. The maximum Gasteiger partial charge on any atom is 0.0991 e. The van der Waals surface area contributed by atoms with Crippen molar-refractivity contribution in [3.63, 3.8) is 0 Å². The van der Waals surface area contributed by atoms with E-state index >= 15 is 0 Å². The summed E-state index contributed by atoms with van der Waals surface area (Å²) >= 11 is 0. The first-order chi connectivity index (χ1) is 25.0. The zero-order valence-corrected chi connectivity index (χ0v) is 28.6. The maximum absolute atomic E-state index is 9.55. The molecule has 0 fully saturated rings. The van der Waals surface area contributed by atoms with Crippen molar-refractivity contribution in [3.05, 3.63) is 197 Å². The lowest BCUT2D eigenvalue weighted by atomic mass is 9.70. The molecule has 0 unspecified atom stereocenters. The highest BCUT2D eigenvalue weighted by Crippen LogP contribution is 2.63. The van der Waals surface area contributed by atoms with E-state index in [9.17, 15) is 5.26 Å². The van der Waals surface area contributed by atoms with Gasteiger partial charge >= 0.3 is 0 Å². The van der Waals surface area contributed by atoms with Crippen LogP contribution in [0.3, 0.4) is 0 Å². The third kappa shape index (κ3) is 4.22. The van der Waals surface area contributed by atoms with Crippen LogP contribution in [-0.4, -0.2) is 0 Å². The molecule has 0 aliphatic heterocycles. The molecular weight excluding hydrogens is 617 g/mol. The number of fused-ring (bicyclic) bond motifs is 12.